The van der Waals surface area contributed by atoms with E-state index in [-0.39, 0.29) is 23.7 Å². The Balaban J connectivity index is 2.08. The molecule has 1 aliphatic rings. The summed E-state index contributed by atoms with van der Waals surface area (Å²) < 4.78 is 88.2. The molecule has 2 N–H and O–H groups in total. The van der Waals surface area contributed by atoms with Gasteiger partial charge < -0.3 is 10.5 Å². The third kappa shape index (κ3) is 3.79. The predicted octanol–water partition coefficient (Wildman–Crippen LogP) is 3.47. The molecule has 0 saturated carbocycles. The first kappa shape index (κ1) is 25.2. The van der Waals surface area contributed by atoms with Crippen LogP contribution in [0.15, 0.2) is 35.6 Å². The second kappa shape index (κ2) is 8.39. The molecule has 1 atom stereocenters. The van der Waals surface area contributed by atoms with Crippen molar-refractivity contribution in [3.63, 3.8) is 0 Å². The average Bonchev–Trinajstić information content (AvgIpc) is 2.77. The Morgan fingerprint density at radius 2 is 1.91 bits per heavy atom. The van der Waals surface area contributed by atoms with Crippen molar-refractivity contribution >= 4 is 27.6 Å². The number of sulfone groups is 1. The largest absolute Gasteiger partial charge is 0.463 e. The van der Waals surface area contributed by atoms with Gasteiger partial charge in [0.25, 0.3) is 0 Å². The lowest BCUT2D eigenvalue weighted by Gasteiger charge is -2.43. The van der Waals surface area contributed by atoms with Crippen molar-refractivity contribution < 1.29 is 30.7 Å². The smallest absolute Gasteiger partial charge is 0.374 e. The number of halogens is 4. The normalized spacial score (nSPS) is 23.0. The summed E-state index contributed by atoms with van der Waals surface area (Å²) in [7, 11) is -5.24. The Hall–Kier alpha value is -3.46. The van der Waals surface area contributed by atoms with E-state index in [1.165, 1.54) is 0 Å². The summed E-state index contributed by atoms with van der Waals surface area (Å²) in [6, 6.07) is 2.80. The molecule has 1 aromatic heterocycles. The summed E-state index contributed by atoms with van der Waals surface area (Å²) in [5.41, 5.74) is 1.76. The first-order valence-corrected chi connectivity index (χ1v) is 11.2. The van der Waals surface area contributed by atoms with Crippen LogP contribution in [0.1, 0.15) is 37.6 Å². The zero-order valence-corrected chi connectivity index (χ0v) is 19.1. The quantitative estimate of drug-likeness (QED) is 0.502. The van der Waals surface area contributed by atoms with Crippen LogP contribution < -0.4 is 10.5 Å². The van der Waals surface area contributed by atoms with E-state index in [1.807, 2.05) is 0 Å². The fraction of sp³-hybridized carbons (Fsp3) is 0.318. The maximum absolute atomic E-state index is 15.3. The number of ether oxygens (including phenoxy) is 1. The lowest BCUT2D eigenvalue weighted by Crippen LogP contribution is -2.63. The van der Waals surface area contributed by atoms with Gasteiger partial charge in [-0.25, -0.2) is 27.2 Å². The highest BCUT2D eigenvalue weighted by Gasteiger charge is 2.70. The molecule has 180 valence electrons. The molecule has 0 amide bonds. The van der Waals surface area contributed by atoms with Crippen molar-refractivity contribution in [2.24, 2.45) is 10.7 Å². The summed E-state index contributed by atoms with van der Waals surface area (Å²) >= 11 is 0. The molecule has 1 aliphatic heterocycles. The summed E-state index contributed by atoms with van der Waals surface area (Å²) in [5.74, 6) is -0.402. The Bertz CT molecular complexity index is 1330. The molecule has 1 unspecified atom stereocenters. The van der Waals surface area contributed by atoms with Gasteiger partial charge in [0.15, 0.2) is 18.0 Å². The van der Waals surface area contributed by atoms with Gasteiger partial charge in [0.1, 0.15) is 22.1 Å². The van der Waals surface area contributed by atoms with Crippen LogP contribution in [0.5, 0.6) is 5.88 Å². The molecule has 0 spiro atoms. The van der Waals surface area contributed by atoms with Gasteiger partial charge in [-0.3, -0.25) is 4.99 Å². The van der Waals surface area contributed by atoms with Crippen molar-refractivity contribution in [3.8, 4) is 18.2 Å². The van der Waals surface area contributed by atoms with Gasteiger partial charge in [-0.2, -0.15) is 8.78 Å². The van der Waals surface area contributed by atoms with Crippen LogP contribution in [-0.4, -0.2) is 40.8 Å². The Labute approximate surface area is 193 Å². The van der Waals surface area contributed by atoms with Crippen molar-refractivity contribution in [2.45, 2.75) is 36.3 Å². The van der Waals surface area contributed by atoms with E-state index < -0.39 is 48.4 Å². The number of terminal acetylenes is 1. The van der Waals surface area contributed by atoms with Gasteiger partial charge in [-0.05, 0) is 44.5 Å². The average molecular weight is 496 g/mol. The van der Waals surface area contributed by atoms with Gasteiger partial charge >= 0.3 is 5.25 Å². The van der Waals surface area contributed by atoms with Gasteiger partial charge in [-0.15, -0.1) is 6.42 Å². The number of aliphatic imine (C=N–C) groups is 1. The summed E-state index contributed by atoms with van der Waals surface area (Å²) in [6.45, 7) is 2.68. The molecule has 7 nitrogen and oxygen atoms in total. The Kier molecular flexibility index (Phi) is 6.21. The van der Waals surface area contributed by atoms with Gasteiger partial charge in [0.05, 0.1) is 12.4 Å². The van der Waals surface area contributed by atoms with Crippen LogP contribution in [0.4, 0.5) is 17.6 Å². The molecule has 2 aromatic rings. The van der Waals surface area contributed by atoms with Crippen LogP contribution >= 0.6 is 0 Å². The van der Waals surface area contributed by atoms with E-state index in [4.69, 9.17) is 16.9 Å². The number of hydrogen-bond acceptors (Lipinski definition) is 7. The third-order valence-corrected chi connectivity index (χ3v) is 8.15. The molecule has 0 saturated heterocycles. The standard InChI is InChI=1S/C22H20F4N4O3S/c1-5-8-33-18-12-28-17(11-29-18)16(24)10-13-6-7-15(23)14(9-13)21(4)22(25,26)34(31,32)20(2,3)19(27)30-21/h1,6-7,9-12H,8H2,2-4H3,(H2,27,30). The molecule has 0 fully saturated rings. The molecule has 0 radical (unpaired) electrons. The minimum Gasteiger partial charge on any atom is -0.463 e. The van der Waals surface area contributed by atoms with E-state index in [1.54, 1.807) is 0 Å². The molecular formula is C22H20F4N4O3S. The molecule has 1 aromatic carbocycles. The van der Waals surface area contributed by atoms with E-state index >= 15 is 8.78 Å². The molecule has 0 aliphatic carbocycles. The number of hydrogen-bond donors (Lipinski definition) is 1. The zero-order valence-electron chi connectivity index (χ0n) is 18.3. The number of nitrogens with zero attached hydrogens (tertiary/aromatic N) is 3. The number of alkyl halides is 2. The SMILES string of the molecule is C#CCOc1cnc(C(F)=Cc2ccc(F)c(C3(C)N=C(N)C(C)(C)S(=O)(=O)C3(F)F)c2)cn1. The van der Waals surface area contributed by atoms with Gasteiger partial charge in [-0.1, -0.05) is 12.0 Å². The number of nitrogens with two attached hydrogens (primary N) is 1. The van der Waals surface area contributed by atoms with Crippen molar-refractivity contribution in [2.75, 3.05) is 6.61 Å². The third-order valence-electron chi connectivity index (χ3n) is 5.52. The Morgan fingerprint density at radius 1 is 1.24 bits per heavy atom. The van der Waals surface area contributed by atoms with Crippen molar-refractivity contribution in [1.82, 2.24) is 9.97 Å². The lowest BCUT2D eigenvalue weighted by atomic mass is 9.89. The molecule has 34 heavy (non-hydrogen) atoms. The van der Waals surface area contributed by atoms with E-state index in [2.05, 4.69) is 20.9 Å². The highest BCUT2D eigenvalue weighted by Crippen LogP contribution is 2.52. The summed E-state index contributed by atoms with van der Waals surface area (Å²) in [6.07, 6.45) is 8.14. The minimum absolute atomic E-state index is 0.0589. The number of amidine groups is 1. The monoisotopic (exact) mass is 496 g/mol. The van der Waals surface area contributed by atoms with Crippen LogP contribution in [-0.2, 0) is 15.4 Å². The van der Waals surface area contributed by atoms with Crippen molar-refractivity contribution in [1.29, 1.82) is 0 Å². The van der Waals surface area contributed by atoms with Crippen LogP contribution in [0.3, 0.4) is 0 Å². The fourth-order valence-corrected chi connectivity index (χ4v) is 4.87. The molecule has 3 rings (SSSR count). The van der Waals surface area contributed by atoms with Gasteiger partial charge in [0.2, 0.25) is 15.7 Å². The second-order valence-corrected chi connectivity index (χ2v) is 10.6. The maximum atomic E-state index is 15.3. The van der Waals surface area contributed by atoms with Crippen LogP contribution in [0, 0.1) is 18.2 Å². The van der Waals surface area contributed by atoms with Crippen LogP contribution in [0.25, 0.3) is 11.9 Å². The lowest BCUT2D eigenvalue weighted by molar-refractivity contribution is 0.00753. The first-order valence-electron chi connectivity index (χ1n) is 9.72. The molecule has 12 heteroatoms. The highest BCUT2D eigenvalue weighted by atomic mass is 32.2. The van der Waals surface area contributed by atoms with E-state index in [0.717, 1.165) is 57.4 Å². The second-order valence-electron chi connectivity index (χ2n) is 8.06. The topological polar surface area (TPSA) is 108 Å². The Morgan fingerprint density at radius 3 is 2.50 bits per heavy atom. The van der Waals surface area contributed by atoms with E-state index in [9.17, 15) is 17.2 Å². The number of benzene rings is 1. The number of rotatable bonds is 5. The zero-order chi connectivity index (χ0) is 25.5. The van der Waals surface area contributed by atoms with Crippen LogP contribution in [0.2, 0.25) is 0 Å². The minimum atomic E-state index is -5.24. The summed E-state index contributed by atoms with van der Waals surface area (Å²) in [5, 5.41) is -4.52. The first-order chi connectivity index (χ1) is 15.7. The fourth-order valence-electron chi connectivity index (χ4n) is 3.23. The van der Waals surface area contributed by atoms with Crippen molar-refractivity contribution in [3.05, 3.63) is 53.2 Å². The molecular weight excluding hydrogens is 476 g/mol. The molecule has 2 heterocycles. The predicted molar refractivity (Wildman–Crippen MR) is 119 cm³/mol. The van der Waals surface area contributed by atoms with E-state index in [0.29, 0.717) is 0 Å². The number of aromatic nitrogens is 2. The van der Waals surface area contributed by atoms with Gasteiger partial charge in [0, 0.05) is 5.56 Å². The highest BCUT2D eigenvalue weighted by molar-refractivity contribution is 7.94. The molecule has 0 bridgehead atoms. The maximum Gasteiger partial charge on any atom is 0.374 e. The summed E-state index contributed by atoms with van der Waals surface area (Å²) in [4.78, 5) is 11.4.